The molecule has 1 aromatic heterocycles. The van der Waals surface area contributed by atoms with Crippen molar-refractivity contribution in [2.45, 2.75) is 12.2 Å². The van der Waals surface area contributed by atoms with Gasteiger partial charge >= 0.3 is 11.9 Å². The van der Waals surface area contributed by atoms with E-state index in [2.05, 4.69) is 9.97 Å². The first-order valence-electron chi connectivity index (χ1n) is 5.50. The molecule has 0 saturated heterocycles. The lowest BCUT2D eigenvalue weighted by molar-refractivity contribution is -0.142. The number of carbonyl (C=O) groups excluding carboxylic acids is 2. The molecule has 0 spiro atoms. The third kappa shape index (κ3) is 6.10. The summed E-state index contributed by atoms with van der Waals surface area (Å²) in [5.74, 6) is -1.92. The van der Waals surface area contributed by atoms with Crippen LogP contribution in [0.15, 0.2) is 24.7 Å². The Kier molecular flexibility index (Phi) is 6.38. The van der Waals surface area contributed by atoms with Crippen LogP contribution in [0, 0.1) is 0 Å². The maximum Gasteiger partial charge on any atom is 0.330 e. The van der Waals surface area contributed by atoms with Crippen LogP contribution in [0.4, 0.5) is 0 Å². The quantitative estimate of drug-likeness (QED) is 0.606. The Morgan fingerprint density at radius 1 is 1.50 bits per heavy atom. The number of rotatable bonds is 6. The van der Waals surface area contributed by atoms with Gasteiger partial charge < -0.3 is 9.84 Å². The summed E-state index contributed by atoms with van der Waals surface area (Å²) in [7, 11) is 0. The van der Waals surface area contributed by atoms with Crippen LogP contribution in [-0.4, -0.2) is 44.0 Å². The van der Waals surface area contributed by atoms with E-state index in [-0.39, 0.29) is 11.7 Å². The Morgan fingerprint density at radius 2 is 2.25 bits per heavy atom. The fraction of sp³-hybridized carbons (Fsp3) is 0.250. The van der Waals surface area contributed by atoms with Gasteiger partial charge in [-0.1, -0.05) is 11.8 Å². The second-order valence-corrected chi connectivity index (χ2v) is 4.91. The fourth-order valence-corrected chi connectivity index (χ4v) is 1.75. The molecule has 1 aromatic rings. The van der Waals surface area contributed by atoms with Gasteiger partial charge in [0.15, 0.2) is 5.12 Å². The van der Waals surface area contributed by atoms with E-state index >= 15 is 0 Å². The first kappa shape index (κ1) is 15.8. The number of aliphatic carboxylic acids is 1. The van der Waals surface area contributed by atoms with Crippen LogP contribution in [0.3, 0.4) is 0 Å². The summed E-state index contributed by atoms with van der Waals surface area (Å²) in [6.07, 6.45) is 5.38. The lowest BCUT2D eigenvalue weighted by atomic mass is 10.3. The van der Waals surface area contributed by atoms with E-state index in [0.29, 0.717) is 17.5 Å². The third-order valence-corrected chi connectivity index (χ3v) is 2.91. The molecule has 1 rings (SSSR count). The van der Waals surface area contributed by atoms with Gasteiger partial charge in [-0.2, -0.15) is 0 Å². The van der Waals surface area contributed by atoms with Crippen molar-refractivity contribution in [3.05, 3.63) is 30.4 Å². The van der Waals surface area contributed by atoms with Crippen LogP contribution in [0.25, 0.3) is 6.08 Å². The van der Waals surface area contributed by atoms with Crippen molar-refractivity contribution >= 4 is 34.9 Å². The number of thioether (sulfide) groups is 1. The number of carboxylic acid groups (broad SMARTS) is 1. The van der Waals surface area contributed by atoms with Crippen molar-refractivity contribution in [1.82, 2.24) is 9.97 Å². The molecule has 0 aliphatic rings. The average molecular weight is 296 g/mol. The summed E-state index contributed by atoms with van der Waals surface area (Å²) in [5, 5.41) is 7.38. The van der Waals surface area contributed by atoms with Crippen LogP contribution in [0.2, 0.25) is 0 Å². The second-order valence-electron chi connectivity index (χ2n) is 3.53. The van der Waals surface area contributed by atoms with Gasteiger partial charge in [-0.15, -0.1) is 0 Å². The predicted molar refractivity (Wildman–Crippen MR) is 71.7 cm³/mol. The average Bonchev–Trinajstić information content (AvgIpc) is 2.41. The van der Waals surface area contributed by atoms with E-state index in [9.17, 15) is 14.4 Å². The molecule has 0 unspecified atom stereocenters. The summed E-state index contributed by atoms with van der Waals surface area (Å²) in [6, 6.07) is 1.59. The van der Waals surface area contributed by atoms with Crippen LogP contribution >= 0.6 is 11.8 Å². The number of carbonyl (C=O) groups is 3. The van der Waals surface area contributed by atoms with E-state index in [1.54, 1.807) is 6.07 Å². The molecule has 1 heterocycles. The monoisotopic (exact) mass is 296 g/mol. The van der Waals surface area contributed by atoms with E-state index in [1.807, 2.05) is 0 Å². The summed E-state index contributed by atoms with van der Waals surface area (Å²) in [4.78, 5) is 40.6. The number of hydrogen-bond acceptors (Lipinski definition) is 7. The van der Waals surface area contributed by atoms with Crippen LogP contribution in [-0.2, 0) is 19.1 Å². The molecule has 1 atom stereocenters. The predicted octanol–water partition coefficient (Wildman–Crippen LogP) is 0.766. The van der Waals surface area contributed by atoms with Gasteiger partial charge in [0.25, 0.3) is 0 Å². The number of ether oxygens (including phenoxy) is 1. The van der Waals surface area contributed by atoms with Crippen molar-refractivity contribution in [2.75, 3.05) is 6.61 Å². The molecule has 0 aromatic carbocycles. The molecule has 0 aliphatic carbocycles. The zero-order chi connectivity index (χ0) is 15.0. The highest BCUT2D eigenvalue weighted by molar-refractivity contribution is 8.14. The minimum Gasteiger partial charge on any atom is -0.480 e. The molecule has 7 nitrogen and oxygen atoms in total. The Morgan fingerprint density at radius 3 is 2.80 bits per heavy atom. The van der Waals surface area contributed by atoms with Gasteiger partial charge in [-0.25, -0.2) is 14.8 Å². The molecular weight excluding hydrogens is 284 g/mol. The molecule has 8 heteroatoms. The highest BCUT2D eigenvalue weighted by Gasteiger charge is 2.21. The lowest BCUT2D eigenvalue weighted by Crippen LogP contribution is -2.25. The summed E-state index contributed by atoms with van der Waals surface area (Å²) < 4.78 is 4.77. The topological polar surface area (TPSA) is 106 Å². The second kappa shape index (κ2) is 8.05. The molecular formula is C12H12N2O5S. The lowest BCUT2D eigenvalue weighted by Gasteiger charge is -2.09. The minimum atomic E-state index is -1.21. The smallest absolute Gasteiger partial charge is 0.330 e. The van der Waals surface area contributed by atoms with Gasteiger partial charge in [0.05, 0.1) is 5.69 Å². The van der Waals surface area contributed by atoms with Gasteiger partial charge in [-0.05, 0) is 12.1 Å². The van der Waals surface area contributed by atoms with Gasteiger partial charge in [-0.3, -0.25) is 9.59 Å². The molecule has 0 aliphatic heterocycles. The number of hydrogen-bond donors (Lipinski definition) is 1. The highest BCUT2D eigenvalue weighted by Crippen LogP contribution is 2.12. The zero-order valence-corrected chi connectivity index (χ0v) is 11.4. The molecule has 0 fully saturated rings. The number of nitrogens with zero attached hydrogens (tertiary/aromatic N) is 2. The Labute approximate surface area is 119 Å². The number of carboxylic acids is 1. The van der Waals surface area contributed by atoms with Crippen LogP contribution in [0.5, 0.6) is 0 Å². The van der Waals surface area contributed by atoms with Crippen molar-refractivity contribution in [3.8, 4) is 0 Å². The maximum atomic E-state index is 11.4. The minimum absolute atomic E-state index is 0.357. The first-order chi connectivity index (χ1) is 9.49. The molecule has 0 radical (unpaired) electrons. The highest BCUT2D eigenvalue weighted by atomic mass is 32.2. The normalized spacial score (nSPS) is 12.1. The third-order valence-electron chi connectivity index (χ3n) is 1.96. The molecule has 0 saturated carbocycles. The van der Waals surface area contributed by atoms with Gasteiger partial charge in [0.1, 0.15) is 18.2 Å². The first-order valence-corrected chi connectivity index (χ1v) is 6.38. The van der Waals surface area contributed by atoms with Crippen molar-refractivity contribution in [2.24, 2.45) is 0 Å². The molecule has 0 amide bonds. The van der Waals surface area contributed by atoms with E-state index in [0.717, 1.165) is 6.08 Å². The standard InChI is InChI=1S/C12H12N2O5S/c1-8(15)20-10(12(17)18)6-19-11(16)3-2-9-4-5-13-7-14-9/h2-5,7,10H,6H2,1H3,(H,17,18)/b3-2+/t10-/m0/s1. The van der Waals surface area contributed by atoms with Crippen molar-refractivity contribution < 1.29 is 24.2 Å². The van der Waals surface area contributed by atoms with Crippen molar-refractivity contribution in [3.63, 3.8) is 0 Å². The van der Waals surface area contributed by atoms with E-state index < -0.39 is 17.2 Å². The summed E-state index contributed by atoms with van der Waals surface area (Å²) >= 11 is 0.604. The van der Waals surface area contributed by atoms with E-state index in [1.165, 1.54) is 25.5 Å². The Balaban J connectivity index is 2.47. The maximum absolute atomic E-state index is 11.4. The molecule has 0 bridgehead atoms. The molecule has 1 N–H and O–H groups in total. The summed E-state index contributed by atoms with van der Waals surface area (Å²) in [5.41, 5.74) is 0.518. The number of esters is 1. The Bertz CT molecular complexity index is 518. The summed E-state index contributed by atoms with van der Waals surface area (Å²) in [6.45, 7) is 0.865. The van der Waals surface area contributed by atoms with Crippen LogP contribution < -0.4 is 0 Å². The largest absolute Gasteiger partial charge is 0.480 e. The zero-order valence-electron chi connectivity index (χ0n) is 10.6. The Hall–Kier alpha value is -2.22. The number of aromatic nitrogens is 2. The van der Waals surface area contributed by atoms with E-state index in [4.69, 9.17) is 9.84 Å². The SMILES string of the molecule is CC(=O)S[C@@H](COC(=O)/C=C/c1ccncn1)C(=O)O. The van der Waals surface area contributed by atoms with Gasteiger partial charge in [0.2, 0.25) is 0 Å². The van der Waals surface area contributed by atoms with Crippen LogP contribution in [0.1, 0.15) is 12.6 Å². The fourth-order valence-electron chi connectivity index (χ4n) is 1.11. The van der Waals surface area contributed by atoms with Crippen molar-refractivity contribution in [1.29, 1.82) is 0 Å². The molecule has 106 valence electrons. The van der Waals surface area contributed by atoms with Gasteiger partial charge in [0, 0.05) is 19.2 Å². The molecule has 20 heavy (non-hydrogen) atoms.